The lowest BCUT2D eigenvalue weighted by atomic mass is 9.55. The van der Waals surface area contributed by atoms with Crippen LogP contribution in [0.4, 0.5) is 28.4 Å². The molecule has 0 unspecified atom stereocenters. The quantitative estimate of drug-likeness (QED) is 0.177. The molecule has 0 bridgehead atoms. The first-order valence-corrected chi connectivity index (χ1v) is 26.2. The monoisotopic (exact) mass is 897 g/mol. The molecule has 0 spiro atoms. The second kappa shape index (κ2) is 14.5. The first-order chi connectivity index (χ1) is 31.7. The number of nitrogens with zero attached hydrogens (tertiary/aromatic N) is 1. The van der Waals surface area contributed by atoms with Crippen LogP contribution in [0.3, 0.4) is 0 Å². The third-order valence-corrected chi connectivity index (χ3v) is 18.9. The van der Waals surface area contributed by atoms with Gasteiger partial charge in [0.05, 0.1) is 0 Å². The van der Waals surface area contributed by atoms with Gasteiger partial charge in [-0.1, -0.05) is 145 Å². The summed E-state index contributed by atoms with van der Waals surface area (Å²) in [4.78, 5) is 2.71. The summed E-state index contributed by atoms with van der Waals surface area (Å²) in [5.41, 5.74) is 29.7. The van der Waals surface area contributed by atoms with Gasteiger partial charge in [0, 0.05) is 39.4 Å². The molecule has 0 saturated heterocycles. The van der Waals surface area contributed by atoms with Crippen LogP contribution in [-0.2, 0) is 37.9 Å². The Labute approximate surface area is 411 Å². The van der Waals surface area contributed by atoms with E-state index in [1.165, 1.54) is 156 Å². The fourth-order valence-electron chi connectivity index (χ4n) is 13.9. The van der Waals surface area contributed by atoms with Gasteiger partial charge in [-0.2, -0.15) is 0 Å². The largest absolute Gasteiger partial charge is 0.355 e. The molecule has 1 N–H and O–H groups in total. The molecule has 68 heavy (non-hydrogen) atoms. The third-order valence-electron chi connectivity index (χ3n) is 18.9. The minimum absolute atomic E-state index is 0.0546. The van der Waals surface area contributed by atoms with Crippen LogP contribution in [0.5, 0.6) is 0 Å². The molecule has 0 saturated carbocycles. The Balaban J connectivity index is 1.20. The number of aryl methyl sites for hydroxylation is 2. The van der Waals surface area contributed by atoms with E-state index in [0.29, 0.717) is 0 Å². The highest BCUT2D eigenvalue weighted by Crippen LogP contribution is 2.55. The molecule has 1 aliphatic heterocycles. The Morgan fingerprint density at radius 3 is 1.57 bits per heavy atom. The van der Waals surface area contributed by atoms with Crippen LogP contribution in [0.15, 0.2) is 91.0 Å². The maximum atomic E-state index is 4.20. The Morgan fingerprint density at radius 1 is 0.412 bits per heavy atom. The molecule has 5 aliphatic rings. The summed E-state index contributed by atoms with van der Waals surface area (Å²) >= 11 is 0. The van der Waals surface area contributed by atoms with Crippen molar-refractivity contribution in [3.63, 3.8) is 0 Å². The van der Waals surface area contributed by atoms with Crippen molar-refractivity contribution in [2.75, 3.05) is 10.2 Å². The van der Waals surface area contributed by atoms with E-state index in [0.717, 1.165) is 7.28 Å². The number of benzene rings is 6. The molecule has 1 heterocycles. The van der Waals surface area contributed by atoms with Gasteiger partial charge in [0.2, 0.25) is 0 Å². The van der Waals surface area contributed by atoms with Gasteiger partial charge in [-0.05, 0) is 211 Å². The summed E-state index contributed by atoms with van der Waals surface area (Å²) < 4.78 is 0. The SMILES string of the molecule is Cc1cc(-c2cc3c(cc2Nc2ccc4c(c2)C(C)(C)CCC4(C)C)C(C)(C)CCC3(C)C)c2c(c1)N(c1cc3c(cc1C)C(C)(C)CCC3(C)C)c1ccc3c(c1B2)-c1ccccc1C3(C)C. The molecule has 6 aromatic rings. The van der Waals surface area contributed by atoms with Crippen molar-refractivity contribution in [1.29, 1.82) is 0 Å². The van der Waals surface area contributed by atoms with Crippen molar-refractivity contribution in [1.82, 2.24) is 0 Å². The highest BCUT2D eigenvalue weighted by Gasteiger charge is 2.44. The molecule has 2 nitrogen and oxygen atoms in total. The summed E-state index contributed by atoms with van der Waals surface area (Å²) in [7, 11) is 0.862. The minimum Gasteiger partial charge on any atom is -0.355 e. The van der Waals surface area contributed by atoms with Gasteiger partial charge in [-0.25, -0.2) is 0 Å². The fraction of sp³-hybridized carbons (Fsp3) is 0.446. The van der Waals surface area contributed by atoms with Gasteiger partial charge in [-0.15, -0.1) is 0 Å². The van der Waals surface area contributed by atoms with Crippen LogP contribution in [-0.4, -0.2) is 7.28 Å². The summed E-state index contributed by atoms with van der Waals surface area (Å²) in [6, 6.07) is 37.0. The molecule has 0 atom stereocenters. The number of fused-ring (bicyclic) bond motifs is 9. The van der Waals surface area contributed by atoms with Crippen molar-refractivity contribution in [3.05, 3.63) is 147 Å². The van der Waals surface area contributed by atoms with Crippen LogP contribution in [0.2, 0.25) is 0 Å². The highest BCUT2D eigenvalue weighted by molar-refractivity contribution is 6.74. The van der Waals surface area contributed by atoms with Crippen molar-refractivity contribution >= 4 is 46.6 Å². The van der Waals surface area contributed by atoms with Gasteiger partial charge in [0.1, 0.15) is 0 Å². The normalized spacial score (nSPS) is 20.9. The van der Waals surface area contributed by atoms with Gasteiger partial charge in [0.15, 0.2) is 7.28 Å². The van der Waals surface area contributed by atoms with E-state index in [2.05, 4.69) is 212 Å². The molecule has 0 fully saturated rings. The van der Waals surface area contributed by atoms with Gasteiger partial charge in [0.25, 0.3) is 0 Å². The second-order valence-electron chi connectivity index (χ2n) is 26.8. The second-order valence-corrected chi connectivity index (χ2v) is 26.8. The predicted octanol–water partition coefficient (Wildman–Crippen LogP) is 16.2. The molecule has 6 aromatic carbocycles. The zero-order valence-electron chi connectivity index (χ0n) is 44.6. The number of rotatable bonds is 4. The average molecular weight is 897 g/mol. The smallest absolute Gasteiger partial charge is 0.199 e. The fourth-order valence-corrected chi connectivity index (χ4v) is 13.9. The summed E-state index contributed by atoms with van der Waals surface area (Å²) in [5, 5.41) is 4.20. The van der Waals surface area contributed by atoms with Gasteiger partial charge >= 0.3 is 0 Å². The first kappa shape index (κ1) is 45.4. The summed E-state index contributed by atoms with van der Waals surface area (Å²) in [5.74, 6) is 0. The third kappa shape index (κ3) is 6.70. The van der Waals surface area contributed by atoms with Gasteiger partial charge < -0.3 is 10.2 Å². The Kier molecular flexibility index (Phi) is 9.70. The average Bonchev–Trinajstić information content (AvgIpc) is 3.51. The molecular formula is C65H77BN2. The number of nitrogens with one attached hydrogen (secondary N) is 1. The maximum absolute atomic E-state index is 4.20. The lowest BCUT2D eigenvalue weighted by Gasteiger charge is -2.44. The van der Waals surface area contributed by atoms with E-state index in [1.807, 2.05) is 0 Å². The lowest BCUT2D eigenvalue weighted by Crippen LogP contribution is -2.43. The minimum atomic E-state index is -0.0911. The number of anilines is 5. The van der Waals surface area contributed by atoms with Crippen LogP contribution in [0.25, 0.3) is 22.3 Å². The van der Waals surface area contributed by atoms with Gasteiger partial charge in [-0.3, -0.25) is 0 Å². The Bertz CT molecular complexity index is 3130. The number of hydrogen-bond acceptors (Lipinski definition) is 2. The van der Waals surface area contributed by atoms with E-state index in [9.17, 15) is 0 Å². The van der Waals surface area contributed by atoms with Crippen molar-refractivity contribution in [2.24, 2.45) is 0 Å². The summed E-state index contributed by atoms with van der Waals surface area (Å²) in [6.45, 7) is 39.1. The maximum Gasteiger partial charge on any atom is 0.199 e. The molecule has 0 amide bonds. The van der Waals surface area contributed by atoms with Crippen molar-refractivity contribution < 1.29 is 0 Å². The molecule has 4 aliphatic carbocycles. The van der Waals surface area contributed by atoms with Crippen LogP contribution >= 0.6 is 0 Å². The van der Waals surface area contributed by atoms with Crippen molar-refractivity contribution in [2.45, 2.75) is 187 Å². The van der Waals surface area contributed by atoms with Crippen LogP contribution in [0.1, 0.15) is 191 Å². The Morgan fingerprint density at radius 2 is 0.941 bits per heavy atom. The summed E-state index contributed by atoms with van der Waals surface area (Å²) in [6.07, 6.45) is 7.15. The van der Waals surface area contributed by atoms with E-state index < -0.39 is 0 Å². The molecule has 3 heteroatoms. The van der Waals surface area contributed by atoms with E-state index in [4.69, 9.17) is 0 Å². The molecule has 0 aromatic heterocycles. The van der Waals surface area contributed by atoms with Crippen LogP contribution in [0, 0.1) is 13.8 Å². The Hall–Kier alpha value is -5.02. The zero-order valence-corrected chi connectivity index (χ0v) is 44.6. The van der Waals surface area contributed by atoms with E-state index in [-0.39, 0.29) is 37.9 Å². The zero-order chi connectivity index (χ0) is 48.5. The van der Waals surface area contributed by atoms with Crippen LogP contribution < -0.4 is 21.1 Å². The van der Waals surface area contributed by atoms with Crippen molar-refractivity contribution in [3.8, 4) is 22.3 Å². The highest BCUT2D eigenvalue weighted by atomic mass is 15.2. The number of hydrogen-bond donors (Lipinski definition) is 1. The first-order valence-electron chi connectivity index (χ1n) is 26.2. The van der Waals surface area contributed by atoms with E-state index in [1.54, 1.807) is 0 Å². The molecule has 350 valence electrons. The molecule has 0 radical (unpaired) electrons. The standard InChI is InChI=1S/C65H77BN2/c1-38-31-43(42-35-49-50(63(11,12)29-28-62(49,9)10)36-52(42)67-40-21-22-45-48(34-40)61(7,8)26-25-59(45,3)4)57-55(32-38)68(54-37-51-47(33-39(54)2)60(5,6)27-30-64(51,13)14)53-24-23-46-56(58(53)66-57)41-19-17-18-20-44(41)65(46,15)16/h17-24,31-37,66-67H,25-30H2,1-16H3. The molecular weight excluding hydrogens is 820 g/mol. The predicted molar refractivity (Wildman–Crippen MR) is 296 cm³/mol. The molecule has 11 rings (SSSR count). The topological polar surface area (TPSA) is 15.3 Å². The van der Waals surface area contributed by atoms with E-state index >= 15 is 0 Å². The lowest BCUT2D eigenvalue weighted by molar-refractivity contribution is 0.332.